The van der Waals surface area contributed by atoms with Crippen LogP contribution >= 0.6 is 0 Å². The van der Waals surface area contributed by atoms with Crippen LogP contribution in [0.25, 0.3) is 99.5 Å². The first-order valence-electron chi connectivity index (χ1n) is 20.6. The van der Waals surface area contributed by atoms with Crippen molar-refractivity contribution >= 4 is 187 Å². The summed E-state index contributed by atoms with van der Waals surface area (Å²) in [4.78, 5) is 16.2. The predicted molar refractivity (Wildman–Crippen MR) is 283 cm³/mol. The molecule has 0 saturated heterocycles. The molecule has 59 heavy (non-hydrogen) atoms. The standard InChI is InChI=1S/C45H37B10N3O/c46-32-30(33(47)37(51)40(54)36(32)50)44-56-43(57-45(58-44)31-34(48)38(52)41(55)39(53)35(31)49)26-13-6-14-28-29(26)25-12-5-11-19(42(25)59-28)18-15-16-24-22-9-2-1-7-20(22)21-8-3-4-10-23(21)27(24)17-18/h1-17H,46-55H2. The molecule has 268 valence electrons. The van der Waals surface area contributed by atoms with Gasteiger partial charge in [-0.25, -0.2) is 15.0 Å². The molecular weight excluding hydrogens is 707 g/mol. The van der Waals surface area contributed by atoms with Gasteiger partial charge in [0.1, 0.15) is 89.6 Å². The van der Waals surface area contributed by atoms with Gasteiger partial charge in [0.15, 0.2) is 17.5 Å². The van der Waals surface area contributed by atoms with Crippen LogP contribution in [0.2, 0.25) is 0 Å². The van der Waals surface area contributed by atoms with Gasteiger partial charge in [-0.2, -0.15) is 0 Å². The molecule has 8 aromatic carbocycles. The second-order valence-corrected chi connectivity index (χ2v) is 16.6. The summed E-state index contributed by atoms with van der Waals surface area (Å²) in [7, 11) is 22.1. The van der Waals surface area contributed by atoms with Crippen molar-refractivity contribution in [3.63, 3.8) is 0 Å². The summed E-state index contributed by atoms with van der Waals surface area (Å²) in [6.07, 6.45) is 0. The summed E-state index contributed by atoms with van der Waals surface area (Å²) in [5.41, 5.74) is 19.4. The van der Waals surface area contributed by atoms with Crippen molar-refractivity contribution in [2.75, 3.05) is 0 Å². The summed E-state index contributed by atoms with van der Waals surface area (Å²) in [6.45, 7) is 0. The first-order chi connectivity index (χ1) is 28.4. The molecule has 0 spiro atoms. The van der Waals surface area contributed by atoms with E-state index in [1.54, 1.807) is 0 Å². The van der Waals surface area contributed by atoms with E-state index in [4.69, 9.17) is 19.4 Å². The van der Waals surface area contributed by atoms with Gasteiger partial charge in [-0.3, -0.25) is 0 Å². The number of nitrogens with zero attached hydrogens (tertiary/aromatic N) is 3. The molecule has 10 rings (SSSR count). The van der Waals surface area contributed by atoms with E-state index >= 15 is 0 Å². The maximum Gasteiger partial charge on any atom is 0.164 e. The molecule has 0 radical (unpaired) electrons. The molecular formula is C45H37B10N3O. The van der Waals surface area contributed by atoms with Crippen molar-refractivity contribution in [2.45, 2.75) is 0 Å². The van der Waals surface area contributed by atoms with Crippen LogP contribution in [0.1, 0.15) is 0 Å². The van der Waals surface area contributed by atoms with Crippen LogP contribution in [-0.2, 0) is 0 Å². The molecule has 0 N–H and O–H groups in total. The average molecular weight is 744 g/mol. The van der Waals surface area contributed by atoms with Crippen molar-refractivity contribution in [3.8, 4) is 45.3 Å². The number of hydrogen-bond acceptors (Lipinski definition) is 4. The molecule has 0 amide bonds. The molecule has 2 aromatic heterocycles. The number of aromatic nitrogens is 3. The maximum atomic E-state index is 6.89. The molecule has 0 unspecified atom stereocenters. The summed E-state index contributed by atoms with van der Waals surface area (Å²) < 4.78 is 6.89. The van der Waals surface area contributed by atoms with Crippen molar-refractivity contribution in [3.05, 3.63) is 103 Å². The molecule has 0 atom stereocenters. The van der Waals surface area contributed by atoms with Crippen LogP contribution in [0, 0.1) is 0 Å². The fraction of sp³-hybridized carbons (Fsp3) is 0. The van der Waals surface area contributed by atoms with Gasteiger partial charge in [-0.15, -0.1) is 32.8 Å². The second kappa shape index (κ2) is 13.8. The topological polar surface area (TPSA) is 51.8 Å². The van der Waals surface area contributed by atoms with E-state index in [1.165, 1.54) is 86.9 Å². The van der Waals surface area contributed by atoms with Crippen molar-refractivity contribution in [1.29, 1.82) is 0 Å². The van der Waals surface area contributed by atoms with Gasteiger partial charge in [0.05, 0.1) is 0 Å². The fourth-order valence-corrected chi connectivity index (χ4v) is 9.73. The Bertz CT molecular complexity index is 3300. The number of hydrogen-bond donors (Lipinski definition) is 0. The van der Waals surface area contributed by atoms with E-state index in [9.17, 15) is 0 Å². The number of benzene rings is 8. The lowest BCUT2D eigenvalue weighted by molar-refractivity contribution is 0.670. The maximum absolute atomic E-state index is 6.89. The van der Waals surface area contributed by atoms with Crippen molar-refractivity contribution < 1.29 is 4.42 Å². The first kappa shape index (κ1) is 37.3. The van der Waals surface area contributed by atoms with E-state index in [2.05, 4.69) is 182 Å². The van der Waals surface area contributed by atoms with Crippen molar-refractivity contribution in [1.82, 2.24) is 15.0 Å². The normalized spacial score (nSPS) is 11.7. The minimum Gasteiger partial charge on any atom is -0.455 e. The van der Waals surface area contributed by atoms with E-state index in [-0.39, 0.29) is 0 Å². The zero-order chi connectivity index (χ0) is 41.0. The Morgan fingerprint density at radius 3 is 1.27 bits per heavy atom. The highest BCUT2D eigenvalue weighted by Gasteiger charge is 2.24. The van der Waals surface area contributed by atoms with Crippen LogP contribution in [0.15, 0.2) is 108 Å². The van der Waals surface area contributed by atoms with Crippen LogP contribution in [0.3, 0.4) is 0 Å². The van der Waals surface area contributed by atoms with E-state index < -0.39 is 0 Å². The highest BCUT2D eigenvalue weighted by atomic mass is 16.3. The van der Waals surface area contributed by atoms with Gasteiger partial charge in [-0.1, -0.05) is 113 Å². The third kappa shape index (κ3) is 5.55. The second-order valence-electron chi connectivity index (χ2n) is 16.6. The number of rotatable bonds is 4. The monoisotopic (exact) mass is 745 g/mol. The predicted octanol–water partition coefficient (Wildman–Crippen LogP) is -5.52. The molecule has 0 aliphatic heterocycles. The van der Waals surface area contributed by atoms with Gasteiger partial charge >= 0.3 is 0 Å². The van der Waals surface area contributed by atoms with Crippen LogP contribution in [0.5, 0.6) is 0 Å². The number of para-hydroxylation sites is 1. The zero-order valence-corrected chi connectivity index (χ0v) is 35.6. The summed E-state index contributed by atoms with van der Waals surface area (Å²) >= 11 is 0. The molecule has 4 nitrogen and oxygen atoms in total. The Hall–Kier alpha value is -6.00. The Kier molecular flexibility index (Phi) is 8.72. The van der Waals surface area contributed by atoms with Gasteiger partial charge in [0.2, 0.25) is 0 Å². The molecule has 10 aromatic rings. The molecule has 0 aliphatic carbocycles. The summed E-state index contributed by atoms with van der Waals surface area (Å²) in [6, 6.07) is 37.1. The van der Waals surface area contributed by atoms with Gasteiger partial charge in [0.25, 0.3) is 0 Å². The van der Waals surface area contributed by atoms with E-state index in [0.29, 0.717) is 17.5 Å². The Balaban J connectivity index is 1.24. The summed E-state index contributed by atoms with van der Waals surface area (Å²) in [5.74, 6) is 2.03. The summed E-state index contributed by atoms with van der Waals surface area (Å²) in [5, 5.41) is 9.56. The molecule has 0 bridgehead atoms. The SMILES string of the molecule is Bc1c(B)c(B)c(-c2nc(-c3c(B)c(B)c(B)c(B)c3B)nc(-c3cccc4oc5c(-c6ccc7c8ccccc8c8ccccc8c7c6)cccc5c34)n2)c(B)c1B. The van der Waals surface area contributed by atoms with E-state index in [0.717, 1.165) is 49.8 Å². The van der Waals surface area contributed by atoms with E-state index in [1.807, 2.05) is 0 Å². The lowest BCUT2D eigenvalue weighted by Gasteiger charge is -2.22. The van der Waals surface area contributed by atoms with Crippen molar-refractivity contribution in [2.24, 2.45) is 0 Å². The molecule has 0 aliphatic rings. The van der Waals surface area contributed by atoms with Gasteiger partial charge in [0, 0.05) is 33.0 Å². The highest BCUT2D eigenvalue weighted by molar-refractivity contribution is 6.70. The van der Waals surface area contributed by atoms with Crippen LogP contribution in [-0.4, -0.2) is 93.4 Å². The minimum atomic E-state index is 0.636. The average Bonchev–Trinajstić information content (AvgIpc) is 3.66. The number of furan rings is 1. The minimum absolute atomic E-state index is 0.636. The molecule has 0 fully saturated rings. The first-order valence-corrected chi connectivity index (χ1v) is 20.6. The Morgan fingerprint density at radius 2 is 0.746 bits per heavy atom. The molecule has 14 heteroatoms. The molecule has 2 heterocycles. The lowest BCUT2D eigenvalue weighted by Crippen LogP contribution is -2.55. The van der Waals surface area contributed by atoms with Crippen LogP contribution in [0.4, 0.5) is 0 Å². The zero-order valence-electron chi connectivity index (χ0n) is 35.6. The Labute approximate surface area is 353 Å². The smallest absolute Gasteiger partial charge is 0.164 e. The van der Waals surface area contributed by atoms with Gasteiger partial charge < -0.3 is 4.42 Å². The largest absolute Gasteiger partial charge is 0.455 e. The lowest BCUT2D eigenvalue weighted by atomic mass is 9.60. The third-order valence-electron chi connectivity index (χ3n) is 13.9. The quantitative estimate of drug-likeness (QED) is 0.134. The third-order valence-corrected chi connectivity index (χ3v) is 13.9. The van der Waals surface area contributed by atoms with Gasteiger partial charge in [-0.05, 0) is 50.0 Å². The fourth-order valence-electron chi connectivity index (χ4n) is 9.73. The highest BCUT2D eigenvalue weighted by Crippen LogP contribution is 2.42. The molecule has 0 saturated carbocycles. The van der Waals surface area contributed by atoms with Crippen LogP contribution < -0.4 is 54.6 Å². The number of fused-ring (bicyclic) bond motifs is 9. The Morgan fingerprint density at radius 1 is 0.339 bits per heavy atom.